The van der Waals surface area contributed by atoms with Crippen molar-refractivity contribution in [3.63, 3.8) is 0 Å². The molecule has 0 bridgehead atoms. The van der Waals surface area contributed by atoms with E-state index in [-0.39, 0.29) is 11.7 Å². The third kappa shape index (κ3) is 4.71. The number of halogens is 2. The molecule has 0 aliphatic heterocycles. The number of pyridine rings is 1. The first kappa shape index (κ1) is 14.7. The number of ether oxygens (including phenoxy) is 1. The predicted molar refractivity (Wildman–Crippen MR) is 71.6 cm³/mol. The molecule has 0 unspecified atom stereocenters. The lowest BCUT2D eigenvalue weighted by Crippen LogP contribution is -2.20. The van der Waals surface area contributed by atoms with Crippen LogP contribution in [0.2, 0.25) is 0 Å². The van der Waals surface area contributed by atoms with Crippen LogP contribution in [-0.2, 0) is 7.05 Å². The van der Waals surface area contributed by atoms with Crippen LogP contribution in [0.3, 0.4) is 0 Å². The Morgan fingerprint density at radius 2 is 2.24 bits per heavy atom. The number of rotatable bonds is 5. The topological polar surface area (TPSA) is 81.1 Å². The molecule has 0 aromatic carbocycles. The van der Waals surface area contributed by atoms with Gasteiger partial charge in [0.15, 0.2) is 6.61 Å². The monoisotopic (exact) mass is 297 g/mol. The van der Waals surface area contributed by atoms with Gasteiger partial charge >= 0.3 is 6.03 Å². The molecule has 9 heteroatoms. The number of nitrogens with zero attached hydrogens (tertiary/aromatic N) is 3. The number of aryl methyl sites for hydroxylation is 1. The maximum absolute atomic E-state index is 12.0. The molecule has 2 rings (SSSR count). The van der Waals surface area contributed by atoms with Gasteiger partial charge in [-0.05, 0) is 6.07 Å². The van der Waals surface area contributed by atoms with Crippen molar-refractivity contribution in [2.45, 2.75) is 6.43 Å². The summed E-state index contributed by atoms with van der Waals surface area (Å²) in [6.45, 7) is -0.752. The van der Waals surface area contributed by atoms with Crippen LogP contribution in [0.4, 0.5) is 25.1 Å². The average Bonchev–Trinajstić information content (AvgIpc) is 2.82. The van der Waals surface area contributed by atoms with E-state index in [1.165, 1.54) is 29.1 Å². The van der Waals surface area contributed by atoms with Crippen LogP contribution in [0.25, 0.3) is 0 Å². The molecule has 0 fully saturated rings. The first-order chi connectivity index (χ1) is 10.0. The molecular weight excluding hydrogens is 284 g/mol. The van der Waals surface area contributed by atoms with Crippen molar-refractivity contribution in [2.75, 3.05) is 17.2 Å². The Hall–Kier alpha value is -2.71. The Bertz CT molecular complexity index is 617. The summed E-state index contributed by atoms with van der Waals surface area (Å²) >= 11 is 0. The fourth-order valence-electron chi connectivity index (χ4n) is 1.48. The average molecular weight is 297 g/mol. The molecule has 2 aromatic heterocycles. The van der Waals surface area contributed by atoms with E-state index in [0.29, 0.717) is 5.69 Å². The second-order valence-electron chi connectivity index (χ2n) is 4.04. The summed E-state index contributed by atoms with van der Waals surface area (Å²) in [7, 11) is 1.72. The molecule has 2 amide bonds. The van der Waals surface area contributed by atoms with E-state index in [1.807, 2.05) is 0 Å². The molecule has 7 nitrogen and oxygen atoms in total. The molecule has 0 aliphatic carbocycles. The Labute approximate surface area is 118 Å². The van der Waals surface area contributed by atoms with Crippen LogP contribution < -0.4 is 15.4 Å². The summed E-state index contributed by atoms with van der Waals surface area (Å²) in [4.78, 5) is 15.6. The summed E-state index contributed by atoms with van der Waals surface area (Å²) in [6, 6.07) is 3.94. The lowest BCUT2D eigenvalue weighted by Gasteiger charge is -2.08. The molecule has 0 atom stereocenters. The van der Waals surface area contributed by atoms with Gasteiger partial charge in [-0.15, -0.1) is 0 Å². The Kier molecular flexibility index (Phi) is 4.64. The van der Waals surface area contributed by atoms with E-state index in [2.05, 4.69) is 20.7 Å². The molecule has 112 valence electrons. The zero-order valence-electron chi connectivity index (χ0n) is 11.1. The maximum Gasteiger partial charge on any atom is 0.324 e. The van der Waals surface area contributed by atoms with Crippen LogP contribution in [0, 0.1) is 0 Å². The van der Waals surface area contributed by atoms with Crippen molar-refractivity contribution in [1.29, 1.82) is 0 Å². The SMILES string of the molecule is Cn1cc(NC(=O)Nc2cccc(OCC(F)F)n2)cn1. The summed E-state index contributed by atoms with van der Waals surface area (Å²) in [5.41, 5.74) is 0.514. The zero-order chi connectivity index (χ0) is 15.2. The van der Waals surface area contributed by atoms with Gasteiger partial charge in [0, 0.05) is 19.3 Å². The lowest BCUT2D eigenvalue weighted by molar-refractivity contribution is 0.0796. The minimum atomic E-state index is -2.59. The molecule has 0 saturated carbocycles. The van der Waals surface area contributed by atoms with E-state index in [0.717, 1.165) is 0 Å². The maximum atomic E-state index is 12.0. The highest BCUT2D eigenvalue weighted by molar-refractivity contribution is 5.98. The van der Waals surface area contributed by atoms with Gasteiger partial charge in [-0.1, -0.05) is 6.07 Å². The Balaban J connectivity index is 1.92. The Morgan fingerprint density at radius 1 is 1.43 bits per heavy atom. The highest BCUT2D eigenvalue weighted by atomic mass is 19.3. The van der Waals surface area contributed by atoms with Crippen molar-refractivity contribution in [3.8, 4) is 5.88 Å². The molecule has 0 aliphatic rings. The number of nitrogens with one attached hydrogen (secondary N) is 2. The fourth-order valence-corrected chi connectivity index (χ4v) is 1.48. The van der Waals surface area contributed by atoms with Crippen molar-refractivity contribution in [1.82, 2.24) is 14.8 Å². The highest BCUT2D eigenvalue weighted by Gasteiger charge is 2.08. The van der Waals surface area contributed by atoms with Crippen molar-refractivity contribution in [2.24, 2.45) is 7.05 Å². The van der Waals surface area contributed by atoms with Gasteiger partial charge in [-0.25, -0.2) is 13.6 Å². The van der Waals surface area contributed by atoms with Gasteiger partial charge in [-0.2, -0.15) is 10.1 Å². The van der Waals surface area contributed by atoms with E-state index in [1.54, 1.807) is 13.2 Å². The summed E-state index contributed by atoms with van der Waals surface area (Å²) in [5, 5.41) is 8.91. The molecule has 2 N–H and O–H groups in total. The standard InChI is InChI=1S/C12H13F2N5O2/c1-19-6-8(5-15-19)16-12(20)18-10-3-2-4-11(17-10)21-7-9(13)14/h2-6,9H,7H2,1H3,(H2,16,17,18,20). The normalized spacial score (nSPS) is 10.5. The number of anilines is 2. The first-order valence-corrected chi connectivity index (χ1v) is 5.97. The van der Waals surface area contributed by atoms with Crippen molar-refractivity contribution < 1.29 is 18.3 Å². The number of amides is 2. The number of hydrogen-bond donors (Lipinski definition) is 2. The number of hydrogen-bond acceptors (Lipinski definition) is 4. The van der Waals surface area contributed by atoms with Gasteiger partial charge in [-0.3, -0.25) is 10.00 Å². The largest absolute Gasteiger partial charge is 0.472 e. The third-order valence-electron chi connectivity index (χ3n) is 2.29. The molecule has 2 heterocycles. The van der Waals surface area contributed by atoms with Gasteiger partial charge < -0.3 is 10.1 Å². The number of carbonyl (C=O) groups excluding carboxylic acids is 1. The van der Waals surface area contributed by atoms with Gasteiger partial charge in [0.2, 0.25) is 5.88 Å². The van der Waals surface area contributed by atoms with E-state index in [4.69, 9.17) is 4.74 Å². The van der Waals surface area contributed by atoms with E-state index < -0.39 is 19.1 Å². The number of urea groups is 1. The number of alkyl halides is 2. The summed E-state index contributed by atoms with van der Waals surface area (Å²) < 4.78 is 30.4. The molecule has 2 aromatic rings. The molecular formula is C12H13F2N5O2. The molecule has 0 radical (unpaired) electrons. The highest BCUT2D eigenvalue weighted by Crippen LogP contribution is 2.13. The van der Waals surface area contributed by atoms with Crippen molar-refractivity contribution in [3.05, 3.63) is 30.6 Å². The van der Waals surface area contributed by atoms with Gasteiger partial charge in [0.1, 0.15) is 5.82 Å². The van der Waals surface area contributed by atoms with Crippen molar-refractivity contribution >= 4 is 17.5 Å². The zero-order valence-corrected chi connectivity index (χ0v) is 11.1. The minimum absolute atomic E-state index is 0.00878. The fraction of sp³-hybridized carbons (Fsp3) is 0.250. The van der Waals surface area contributed by atoms with Crippen LogP contribution in [0.1, 0.15) is 0 Å². The smallest absolute Gasteiger partial charge is 0.324 e. The van der Waals surface area contributed by atoms with Gasteiger partial charge in [0.05, 0.1) is 11.9 Å². The van der Waals surface area contributed by atoms with E-state index in [9.17, 15) is 13.6 Å². The second kappa shape index (κ2) is 6.64. The lowest BCUT2D eigenvalue weighted by atomic mass is 10.4. The molecule has 0 spiro atoms. The van der Waals surface area contributed by atoms with Gasteiger partial charge in [0.25, 0.3) is 6.43 Å². The van der Waals surface area contributed by atoms with E-state index >= 15 is 0 Å². The summed E-state index contributed by atoms with van der Waals surface area (Å²) in [5.74, 6) is 0.192. The predicted octanol–water partition coefficient (Wildman–Crippen LogP) is 2.10. The third-order valence-corrected chi connectivity index (χ3v) is 2.29. The molecule has 21 heavy (non-hydrogen) atoms. The number of carbonyl (C=O) groups is 1. The first-order valence-electron chi connectivity index (χ1n) is 5.97. The minimum Gasteiger partial charge on any atom is -0.472 e. The van der Waals surface area contributed by atoms with Crippen LogP contribution >= 0.6 is 0 Å². The second-order valence-corrected chi connectivity index (χ2v) is 4.04. The Morgan fingerprint density at radius 3 is 2.90 bits per heavy atom. The number of aromatic nitrogens is 3. The van der Waals surface area contributed by atoms with Crippen LogP contribution in [-0.4, -0.2) is 33.8 Å². The summed E-state index contributed by atoms with van der Waals surface area (Å²) in [6.07, 6.45) is 0.516. The quantitative estimate of drug-likeness (QED) is 0.885. The van der Waals surface area contributed by atoms with Crippen LogP contribution in [0.15, 0.2) is 30.6 Å². The van der Waals surface area contributed by atoms with Crippen LogP contribution in [0.5, 0.6) is 5.88 Å². The molecule has 0 saturated heterocycles.